The standard InChI is InChI=1S/C46H56Cl2O10/c47-13-15-49-23-27-55-43-35-5-1-6-36(43)32-40-10-4-12-42-34-38-8-2-7-37(44(38)56-28-24-50-16-14-48)33-41-11-3-9-39(31-35)45(41)57-29-25-53-21-19-51-17-18-52-20-22-54-26-30-58-46(40)42/h1-12H,13-34H2. The number of para-hydroxylation sites is 4. The molecule has 1 aliphatic heterocycles. The third kappa shape index (κ3) is 13.5. The highest BCUT2D eigenvalue weighted by atomic mass is 35.5. The van der Waals surface area contributed by atoms with Crippen LogP contribution in [0, 0.1) is 0 Å². The lowest BCUT2D eigenvalue weighted by molar-refractivity contribution is -0.00706. The molecule has 2 aliphatic rings. The van der Waals surface area contributed by atoms with Crippen molar-refractivity contribution in [2.75, 3.05) is 117 Å². The molecule has 0 amide bonds. The lowest BCUT2D eigenvalue weighted by atomic mass is 9.91. The van der Waals surface area contributed by atoms with E-state index in [1.165, 1.54) is 0 Å². The molecule has 0 N–H and O–H groups in total. The van der Waals surface area contributed by atoms with Gasteiger partial charge >= 0.3 is 0 Å². The Morgan fingerprint density at radius 1 is 0.362 bits per heavy atom. The van der Waals surface area contributed by atoms with Crippen LogP contribution in [0.2, 0.25) is 0 Å². The molecule has 314 valence electrons. The molecule has 0 saturated carbocycles. The molecule has 0 radical (unpaired) electrons. The monoisotopic (exact) mass is 838 g/mol. The average molecular weight is 840 g/mol. The SMILES string of the molecule is ClCCOCCOc1c2cccc1Cc1cccc3c1OCCOCCOCCOCCOCCOc1c(cccc1Cc1cccc(c1OCCOCCCl)C3)C2. The maximum absolute atomic E-state index is 6.68. The second-order valence-corrected chi connectivity index (χ2v) is 14.5. The molecule has 1 heterocycles. The molecule has 12 heteroatoms. The molecule has 4 aromatic rings. The van der Waals surface area contributed by atoms with Crippen LogP contribution in [0.3, 0.4) is 0 Å². The van der Waals surface area contributed by atoms with Crippen LogP contribution in [0.4, 0.5) is 0 Å². The van der Waals surface area contributed by atoms with Crippen molar-refractivity contribution >= 4 is 23.2 Å². The van der Waals surface area contributed by atoms with E-state index >= 15 is 0 Å². The lowest BCUT2D eigenvalue weighted by Crippen LogP contribution is -2.15. The van der Waals surface area contributed by atoms with Gasteiger partial charge in [0.05, 0.1) is 79.3 Å². The van der Waals surface area contributed by atoms with Gasteiger partial charge in [-0.3, -0.25) is 0 Å². The van der Waals surface area contributed by atoms with Crippen molar-refractivity contribution in [3.63, 3.8) is 0 Å². The Morgan fingerprint density at radius 2 is 0.655 bits per heavy atom. The van der Waals surface area contributed by atoms with Crippen molar-refractivity contribution in [3.8, 4) is 23.0 Å². The molecule has 4 aromatic carbocycles. The number of benzene rings is 4. The van der Waals surface area contributed by atoms with Gasteiger partial charge in [0, 0.05) is 37.4 Å². The van der Waals surface area contributed by atoms with Gasteiger partial charge in [0.25, 0.3) is 0 Å². The summed E-state index contributed by atoms with van der Waals surface area (Å²) in [6, 6.07) is 25.4. The number of alkyl halides is 2. The van der Waals surface area contributed by atoms with Gasteiger partial charge in [-0.15, -0.1) is 23.2 Å². The van der Waals surface area contributed by atoms with Gasteiger partial charge in [0.1, 0.15) is 49.4 Å². The van der Waals surface area contributed by atoms with E-state index in [0.717, 1.165) is 67.5 Å². The van der Waals surface area contributed by atoms with E-state index in [2.05, 4.69) is 72.8 Å². The van der Waals surface area contributed by atoms with Gasteiger partial charge in [-0.2, -0.15) is 0 Å². The topological polar surface area (TPSA) is 92.3 Å². The summed E-state index contributed by atoms with van der Waals surface area (Å²) in [5.41, 5.74) is 8.33. The molecule has 0 spiro atoms. The molecule has 1 aliphatic carbocycles. The number of rotatable bonds is 12. The van der Waals surface area contributed by atoms with E-state index in [0.29, 0.717) is 143 Å². The predicted molar refractivity (Wildman–Crippen MR) is 225 cm³/mol. The lowest BCUT2D eigenvalue weighted by Gasteiger charge is -2.23. The van der Waals surface area contributed by atoms with Crippen LogP contribution in [0.1, 0.15) is 44.5 Å². The minimum atomic E-state index is 0.368. The van der Waals surface area contributed by atoms with Crippen LogP contribution in [-0.4, -0.2) is 117 Å². The first kappa shape index (κ1) is 44.0. The molecule has 0 fully saturated rings. The molecule has 10 nitrogen and oxygen atoms in total. The van der Waals surface area contributed by atoms with E-state index in [9.17, 15) is 0 Å². The van der Waals surface area contributed by atoms with Gasteiger partial charge in [0.15, 0.2) is 0 Å². The van der Waals surface area contributed by atoms with Crippen LogP contribution in [0.25, 0.3) is 0 Å². The maximum Gasteiger partial charge on any atom is 0.126 e. The summed E-state index contributed by atoms with van der Waals surface area (Å²) in [5, 5.41) is 0. The van der Waals surface area contributed by atoms with Crippen LogP contribution in [0.5, 0.6) is 23.0 Å². The molecular weight excluding hydrogens is 783 g/mol. The largest absolute Gasteiger partial charge is 0.491 e. The second kappa shape index (κ2) is 25.1. The van der Waals surface area contributed by atoms with Crippen molar-refractivity contribution in [2.45, 2.75) is 25.7 Å². The molecule has 0 atom stereocenters. The fourth-order valence-electron chi connectivity index (χ4n) is 7.11. The van der Waals surface area contributed by atoms with Crippen LogP contribution in [-0.2, 0) is 54.1 Å². The number of hydrogen-bond donors (Lipinski definition) is 0. The summed E-state index contributed by atoms with van der Waals surface area (Å²) < 4.78 is 61.3. The second-order valence-electron chi connectivity index (χ2n) is 13.8. The number of halogens is 2. The number of hydrogen-bond acceptors (Lipinski definition) is 10. The van der Waals surface area contributed by atoms with Gasteiger partial charge in [-0.1, -0.05) is 72.8 Å². The normalized spacial score (nSPS) is 15.8. The Hall–Kier alpha value is -3.58. The molecular formula is C46H56Cl2O10. The minimum Gasteiger partial charge on any atom is -0.491 e. The highest BCUT2D eigenvalue weighted by Crippen LogP contribution is 2.39. The Bertz CT molecular complexity index is 1610. The first-order valence-corrected chi connectivity index (χ1v) is 21.3. The fourth-order valence-corrected chi connectivity index (χ4v) is 7.33. The van der Waals surface area contributed by atoms with Crippen LogP contribution >= 0.6 is 23.2 Å². The summed E-state index contributed by atoms with van der Waals surface area (Å²) in [6.45, 7) is 6.89. The van der Waals surface area contributed by atoms with E-state index in [1.807, 2.05) is 0 Å². The van der Waals surface area contributed by atoms with Gasteiger partial charge < -0.3 is 47.4 Å². The zero-order valence-electron chi connectivity index (χ0n) is 33.3. The summed E-state index contributed by atoms with van der Waals surface area (Å²) in [6.07, 6.45) is 2.31. The fraction of sp³-hybridized carbons (Fsp3) is 0.478. The van der Waals surface area contributed by atoms with Crippen molar-refractivity contribution in [1.82, 2.24) is 0 Å². The van der Waals surface area contributed by atoms with Gasteiger partial charge in [0.2, 0.25) is 0 Å². The quantitative estimate of drug-likeness (QED) is 0.0932. The minimum absolute atomic E-state index is 0.368. The van der Waals surface area contributed by atoms with Gasteiger partial charge in [-0.25, -0.2) is 0 Å². The highest BCUT2D eigenvalue weighted by Gasteiger charge is 2.22. The summed E-state index contributed by atoms with van der Waals surface area (Å²) in [7, 11) is 0. The highest BCUT2D eigenvalue weighted by molar-refractivity contribution is 6.18. The zero-order valence-corrected chi connectivity index (χ0v) is 34.8. The zero-order chi connectivity index (χ0) is 40.0. The van der Waals surface area contributed by atoms with E-state index in [-0.39, 0.29) is 0 Å². The van der Waals surface area contributed by atoms with Crippen LogP contribution in [0.15, 0.2) is 72.8 Å². The Kier molecular flexibility index (Phi) is 19.1. The average Bonchev–Trinajstić information content (AvgIpc) is 3.23. The summed E-state index contributed by atoms with van der Waals surface area (Å²) in [4.78, 5) is 0. The summed E-state index contributed by atoms with van der Waals surface area (Å²) >= 11 is 11.8. The van der Waals surface area contributed by atoms with Crippen LogP contribution < -0.4 is 18.9 Å². The van der Waals surface area contributed by atoms with E-state index in [1.54, 1.807) is 0 Å². The molecule has 58 heavy (non-hydrogen) atoms. The maximum atomic E-state index is 6.68. The van der Waals surface area contributed by atoms with Crippen molar-refractivity contribution in [2.24, 2.45) is 0 Å². The molecule has 0 aromatic heterocycles. The van der Waals surface area contributed by atoms with E-state index < -0.39 is 0 Å². The third-order valence-electron chi connectivity index (χ3n) is 9.69. The van der Waals surface area contributed by atoms with Crippen molar-refractivity contribution in [3.05, 3.63) is 117 Å². The number of ether oxygens (including phenoxy) is 10. The smallest absolute Gasteiger partial charge is 0.126 e. The predicted octanol–water partition coefficient (Wildman–Crippen LogP) is 7.47. The first-order chi connectivity index (χ1) is 28.7. The molecule has 10 bridgehead atoms. The molecule has 0 unspecified atom stereocenters. The molecule has 6 rings (SSSR count). The molecule has 0 saturated heterocycles. The Balaban J connectivity index is 1.46. The van der Waals surface area contributed by atoms with Crippen molar-refractivity contribution in [1.29, 1.82) is 0 Å². The Labute approximate surface area is 352 Å². The Morgan fingerprint density at radius 3 is 0.966 bits per heavy atom. The van der Waals surface area contributed by atoms with Gasteiger partial charge in [-0.05, 0) is 44.5 Å². The van der Waals surface area contributed by atoms with Crippen molar-refractivity contribution < 1.29 is 47.4 Å². The number of fused-ring (bicyclic) bond motifs is 2. The first-order valence-electron chi connectivity index (χ1n) is 20.3. The summed E-state index contributed by atoms with van der Waals surface area (Å²) in [5.74, 6) is 4.15. The third-order valence-corrected chi connectivity index (χ3v) is 10.00. The van der Waals surface area contributed by atoms with E-state index in [4.69, 9.17) is 70.6 Å².